The van der Waals surface area contributed by atoms with Gasteiger partial charge in [-0.15, -0.1) is 0 Å². The number of hydrogen-bond acceptors (Lipinski definition) is 15. The van der Waals surface area contributed by atoms with Crippen molar-refractivity contribution in [1.29, 1.82) is 0 Å². The molecule has 6 heterocycles. The molecule has 0 aliphatic carbocycles. The average molecular weight is 933 g/mol. The van der Waals surface area contributed by atoms with Crippen molar-refractivity contribution in [3.8, 4) is 11.3 Å². The number of imidazole rings is 1. The van der Waals surface area contributed by atoms with Crippen LogP contribution >= 0.6 is 0 Å². The Balaban J connectivity index is 1.34. The number of rotatable bonds is 14. The molecule has 0 saturated carbocycles. The maximum atomic E-state index is 15.0. The van der Waals surface area contributed by atoms with E-state index in [4.69, 9.17) is 28.4 Å². The van der Waals surface area contributed by atoms with E-state index >= 15 is 4.79 Å². The number of ether oxygens (including phenoxy) is 6. The van der Waals surface area contributed by atoms with Crippen LogP contribution in [0.3, 0.4) is 0 Å². The highest BCUT2D eigenvalue weighted by Gasteiger charge is 2.60. The molecule has 67 heavy (non-hydrogen) atoms. The molecule has 3 aromatic heterocycles. The zero-order valence-electron chi connectivity index (χ0n) is 41.1. The van der Waals surface area contributed by atoms with Crippen LogP contribution in [-0.2, 0) is 55.8 Å². The van der Waals surface area contributed by atoms with E-state index in [2.05, 4.69) is 15.0 Å². The third-order valence-corrected chi connectivity index (χ3v) is 14.3. The van der Waals surface area contributed by atoms with Crippen LogP contribution in [0.1, 0.15) is 93.2 Å². The number of methoxy groups -OCH3 is 1. The Morgan fingerprint density at radius 3 is 2.39 bits per heavy atom. The summed E-state index contributed by atoms with van der Waals surface area (Å²) in [6, 6.07) is 7.91. The van der Waals surface area contributed by atoms with Crippen molar-refractivity contribution in [3.63, 3.8) is 0 Å². The maximum absolute atomic E-state index is 15.0. The molecule has 3 aliphatic heterocycles. The molecular weight excluding hydrogens is 861 g/mol. The molecule has 17 nitrogen and oxygen atoms in total. The van der Waals surface area contributed by atoms with Crippen molar-refractivity contribution < 1.29 is 52.7 Å². The number of aromatic nitrogens is 4. The van der Waals surface area contributed by atoms with Crippen molar-refractivity contribution in [2.24, 2.45) is 23.7 Å². The normalized spacial score (nSPS) is 34.3. The van der Waals surface area contributed by atoms with Crippen molar-refractivity contribution >= 4 is 23.8 Å². The molecule has 0 aromatic carbocycles. The number of amides is 1. The summed E-state index contributed by atoms with van der Waals surface area (Å²) >= 11 is 0. The summed E-state index contributed by atoms with van der Waals surface area (Å²) in [4.78, 5) is 74.3. The fourth-order valence-electron chi connectivity index (χ4n) is 10.6. The van der Waals surface area contributed by atoms with Gasteiger partial charge in [-0.2, -0.15) is 0 Å². The Kier molecular flexibility index (Phi) is 17.0. The van der Waals surface area contributed by atoms with Gasteiger partial charge in [-0.25, -0.2) is 9.78 Å². The van der Waals surface area contributed by atoms with Crippen LogP contribution in [0.25, 0.3) is 11.3 Å². The molecule has 3 saturated heterocycles. The summed E-state index contributed by atoms with van der Waals surface area (Å²) in [7, 11) is 5.28. The van der Waals surface area contributed by atoms with E-state index in [0.29, 0.717) is 31.5 Å². The van der Waals surface area contributed by atoms with Crippen LogP contribution in [0, 0.1) is 23.7 Å². The highest BCUT2D eigenvalue weighted by Crippen LogP contribution is 2.44. The Morgan fingerprint density at radius 1 is 0.985 bits per heavy atom. The summed E-state index contributed by atoms with van der Waals surface area (Å²) in [6.07, 6.45) is 4.48. The molecule has 3 aliphatic rings. The van der Waals surface area contributed by atoms with Gasteiger partial charge in [-0.3, -0.25) is 24.4 Å². The van der Waals surface area contributed by atoms with Gasteiger partial charge < -0.3 is 47.9 Å². The number of nitrogens with zero attached hydrogens (tertiary/aromatic N) is 6. The minimum Gasteiger partial charge on any atom is -0.461 e. The molecule has 0 unspecified atom stereocenters. The monoisotopic (exact) mass is 933 g/mol. The predicted molar refractivity (Wildman–Crippen MR) is 247 cm³/mol. The van der Waals surface area contributed by atoms with Crippen molar-refractivity contribution in [1.82, 2.24) is 29.3 Å². The first kappa shape index (κ1) is 51.6. The highest BCUT2D eigenvalue weighted by molar-refractivity contribution is 5.85. The smallest absolute Gasteiger partial charge is 0.410 e. The lowest BCUT2D eigenvalue weighted by atomic mass is 9.73. The van der Waals surface area contributed by atoms with Gasteiger partial charge in [0.1, 0.15) is 24.1 Å². The van der Waals surface area contributed by atoms with Gasteiger partial charge in [0.25, 0.3) is 0 Å². The quantitative estimate of drug-likeness (QED) is 0.114. The van der Waals surface area contributed by atoms with E-state index in [1.54, 1.807) is 75.7 Å². The number of aliphatic hydroxyl groups excluding tert-OH is 1. The summed E-state index contributed by atoms with van der Waals surface area (Å²) in [5, 5.41) is 11.7. The number of fused-ring (bicyclic) bond motifs is 1. The topological polar surface area (TPSA) is 194 Å². The molecule has 368 valence electrons. The number of carbonyl (C=O) groups excluding carboxylic acids is 4. The molecule has 1 N–H and O–H groups in total. The second-order valence-corrected chi connectivity index (χ2v) is 19.5. The lowest BCUT2D eigenvalue weighted by Crippen LogP contribution is -2.61. The fraction of sp³-hybridized carbons (Fsp3) is 0.660. The van der Waals surface area contributed by atoms with Crippen molar-refractivity contribution in [2.75, 3.05) is 27.7 Å². The molecule has 6 rings (SSSR count). The molecule has 3 aromatic rings. The van der Waals surface area contributed by atoms with E-state index in [1.165, 1.54) is 7.11 Å². The first-order valence-corrected chi connectivity index (χ1v) is 23.8. The molecule has 1 amide bonds. The number of Topliss-reactive ketones (excluding diaryl/α,β-unsaturated/α-hetero) is 1. The van der Waals surface area contributed by atoms with Gasteiger partial charge in [0.2, 0.25) is 0 Å². The van der Waals surface area contributed by atoms with Gasteiger partial charge >= 0.3 is 18.0 Å². The lowest BCUT2D eigenvalue weighted by molar-refractivity contribution is -0.301. The molecule has 0 spiro atoms. The van der Waals surface area contributed by atoms with Crippen LogP contribution in [-0.4, -0.2) is 146 Å². The third kappa shape index (κ3) is 11.6. The number of cyclic esters (lactones) is 1. The number of unbranched alkanes of at least 4 members (excludes halogenated alkanes) is 1. The first-order chi connectivity index (χ1) is 31.8. The SMILES string of the molecule is CC[C@H]1OC(=O)[C@H](C)[C@@H](OC(=O)Cc2ccccn2)[C@H](C)[C@@H](O[C@@H]2O[C@H](C)C[C@H](N(C)C)[C@H]2O)[C@](C)(OC)C[C@@H](C)C(=O)[C@H](C)[C@H]2N(CCCCn3cnc(-c4cccnc4)c3)C(=O)O[C@]12C. The van der Waals surface area contributed by atoms with E-state index in [-0.39, 0.29) is 43.7 Å². The van der Waals surface area contributed by atoms with Crippen LogP contribution in [0.15, 0.2) is 61.4 Å². The van der Waals surface area contributed by atoms with Gasteiger partial charge in [0.15, 0.2) is 11.9 Å². The number of hydrogen-bond donors (Lipinski definition) is 1. The van der Waals surface area contributed by atoms with Crippen LogP contribution in [0.2, 0.25) is 0 Å². The fourth-order valence-corrected chi connectivity index (χ4v) is 10.6. The number of pyridine rings is 2. The third-order valence-electron chi connectivity index (χ3n) is 14.3. The summed E-state index contributed by atoms with van der Waals surface area (Å²) < 4.78 is 40.6. The second kappa shape index (κ2) is 22.1. The molecule has 0 bridgehead atoms. The van der Waals surface area contributed by atoms with Crippen LogP contribution in [0.5, 0.6) is 0 Å². The van der Waals surface area contributed by atoms with Gasteiger partial charge in [-0.1, -0.05) is 33.8 Å². The van der Waals surface area contributed by atoms with Crippen molar-refractivity contribution in [3.05, 3.63) is 67.1 Å². The Labute approximate surface area is 395 Å². The minimum atomic E-state index is -1.44. The molecule has 14 atom stereocenters. The molecule has 17 heteroatoms. The molecule has 3 fully saturated rings. The zero-order chi connectivity index (χ0) is 48.8. The van der Waals surface area contributed by atoms with Crippen LogP contribution in [0.4, 0.5) is 4.79 Å². The number of carbonyl (C=O) groups is 4. The number of ketones is 1. The number of likely N-dealkylation sites (N-methyl/N-ethyl adjacent to an activating group) is 1. The predicted octanol–water partition coefficient (Wildman–Crippen LogP) is 5.91. The lowest BCUT2D eigenvalue weighted by Gasteiger charge is -2.48. The summed E-state index contributed by atoms with van der Waals surface area (Å²) in [6.45, 7) is 15.3. The number of aryl methyl sites for hydroxylation is 1. The van der Waals surface area contributed by atoms with E-state index in [0.717, 1.165) is 11.3 Å². The Bertz CT molecular complexity index is 2130. The first-order valence-electron chi connectivity index (χ1n) is 23.8. The van der Waals surface area contributed by atoms with Crippen LogP contribution < -0.4 is 0 Å². The summed E-state index contributed by atoms with van der Waals surface area (Å²) in [5.74, 6) is -4.86. The summed E-state index contributed by atoms with van der Waals surface area (Å²) in [5.41, 5.74) is -0.547. The number of aliphatic hydroxyl groups is 1. The van der Waals surface area contributed by atoms with E-state index < -0.39 is 89.7 Å². The number of esters is 2. The van der Waals surface area contributed by atoms with Gasteiger partial charge in [-0.05, 0) is 98.2 Å². The van der Waals surface area contributed by atoms with E-state index in [9.17, 15) is 19.5 Å². The van der Waals surface area contributed by atoms with E-state index in [1.807, 2.05) is 69.6 Å². The second-order valence-electron chi connectivity index (χ2n) is 19.5. The van der Waals surface area contributed by atoms with Gasteiger partial charge in [0.05, 0.1) is 53.9 Å². The largest absolute Gasteiger partial charge is 0.461 e. The molecular formula is C50H72N6O11. The average Bonchev–Trinajstić information content (AvgIpc) is 3.89. The highest BCUT2D eigenvalue weighted by atomic mass is 16.7. The standard InChI is InChI=1S/C50H72N6O11/c1-12-39-50(8)44(56(48(61)67-50)23-16-15-22-55-28-37(53-29-55)35-18-17-20-51-27-35)32(4)41(58)30(2)26-49(7,62-11)45(66-47-42(59)38(54(9)10)24-31(3)63-47)33(5)43(34(6)46(60)64-39)65-40(57)25-36-19-13-14-21-52-36/h13-14,17-21,27-34,38-39,42-45,47,59H,12,15-16,22-26H2,1-11H3/t30-,31-,32+,33+,34-,38+,39-,42-,43+,44-,45-,47+,49-,50-/m1/s1. The van der Waals surface area contributed by atoms with Gasteiger partial charge in [0, 0.05) is 74.3 Å². The Hall–Kier alpha value is -4.81. The molecule has 0 radical (unpaired) electrons. The van der Waals surface area contributed by atoms with Crippen molar-refractivity contribution in [2.45, 2.75) is 161 Å². The maximum Gasteiger partial charge on any atom is 0.410 e. The zero-order valence-corrected chi connectivity index (χ0v) is 41.1. The Morgan fingerprint density at radius 2 is 1.73 bits per heavy atom. The minimum absolute atomic E-state index is 0.117.